The highest BCUT2D eigenvalue weighted by Gasteiger charge is 2.43. The number of hydrogen-bond acceptors (Lipinski definition) is 3. The van der Waals surface area contributed by atoms with Gasteiger partial charge in [-0.3, -0.25) is 9.59 Å². The van der Waals surface area contributed by atoms with Crippen molar-refractivity contribution >= 4 is 11.8 Å². The Kier molecular flexibility index (Phi) is 4.27. The summed E-state index contributed by atoms with van der Waals surface area (Å²) in [6, 6.07) is 7.35. The Labute approximate surface area is 118 Å². The zero-order valence-corrected chi connectivity index (χ0v) is 12.1. The van der Waals surface area contributed by atoms with E-state index in [-0.39, 0.29) is 30.2 Å². The molecule has 0 aromatic heterocycles. The molecule has 1 fully saturated rings. The molecular weight excluding hydrogens is 256 g/mol. The van der Waals surface area contributed by atoms with Crippen molar-refractivity contribution in [3.05, 3.63) is 29.8 Å². The molecule has 0 spiro atoms. The number of rotatable bonds is 4. The minimum atomic E-state index is -0.333. The van der Waals surface area contributed by atoms with Crippen LogP contribution in [0.5, 0.6) is 5.75 Å². The van der Waals surface area contributed by atoms with E-state index in [0.717, 1.165) is 11.3 Å². The minimum absolute atomic E-state index is 0.0296. The standard InChI is InChI=1S/C15H20N2O3/c1-4-17-13(18)9-12(15(19)16-2)14(17)10-5-7-11(20-3)8-6-10/h5-8,12,14H,4,9H2,1-3H3,(H,16,19)/t12-,14+/m1/s1. The molecule has 1 aromatic carbocycles. The van der Waals surface area contributed by atoms with Crippen molar-refractivity contribution in [2.45, 2.75) is 19.4 Å². The monoisotopic (exact) mass is 276 g/mol. The second kappa shape index (κ2) is 5.94. The van der Waals surface area contributed by atoms with Gasteiger partial charge in [-0.2, -0.15) is 0 Å². The summed E-state index contributed by atoms with van der Waals surface area (Å²) in [5.74, 6) is 0.371. The van der Waals surface area contributed by atoms with Crippen molar-refractivity contribution in [3.8, 4) is 5.75 Å². The van der Waals surface area contributed by atoms with Crippen LogP contribution in [0.25, 0.3) is 0 Å². The molecule has 1 aliphatic heterocycles. The fourth-order valence-corrected chi connectivity index (χ4v) is 2.80. The Morgan fingerprint density at radius 1 is 1.40 bits per heavy atom. The lowest BCUT2D eigenvalue weighted by Gasteiger charge is -2.27. The van der Waals surface area contributed by atoms with Gasteiger partial charge in [0.1, 0.15) is 5.75 Å². The number of ether oxygens (including phenoxy) is 1. The quantitative estimate of drug-likeness (QED) is 0.903. The van der Waals surface area contributed by atoms with Gasteiger partial charge in [-0.15, -0.1) is 0 Å². The van der Waals surface area contributed by atoms with Crippen LogP contribution in [0.1, 0.15) is 24.9 Å². The molecule has 1 aliphatic rings. The average molecular weight is 276 g/mol. The van der Waals surface area contributed by atoms with E-state index < -0.39 is 0 Å². The van der Waals surface area contributed by atoms with E-state index in [2.05, 4.69) is 5.32 Å². The third kappa shape index (κ3) is 2.48. The lowest BCUT2D eigenvalue weighted by molar-refractivity contribution is -0.129. The lowest BCUT2D eigenvalue weighted by Crippen LogP contribution is -2.34. The first-order valence-corrected chi connectivity index (χ1v) is 6.77. The predicted octanol–water partition coefficient (Wildman–Crippen LogP) is 1.35. The van der Waals surface area contributed by atoms with Crippen molar-refractivity contribution in [2.75, 3.05) is 20.7 Å². The van der Waals surface area contributed by atoms with Gasteiger partial charge in [-0.25, -0.2) is 0 Å². The summed E-state index contributed by atoms with van der Waals surface area (Å²) < 4.78 is 5.14. The first-order chi connectivity index (χ1) is 9.62. The van der Waals surface area contributed by atoms with Gasteiger partial charge in [-0.1, -0.05) is 12.1 Å². The third-order valence-corrected chi connectivity index (χ3v) is 3.81. The fourth-order valence-electron chi connectivity index (χ4n) is 2.80. The Hall–Kier alpha value is -2.04. The van der Waals surface area contributed by atoms with Crippen molar-refractivity contribution in [1.29, 1.82) is 0 Å². The van der Waals surface area contributed by atoms with Crippen molar-refractivity contribution in [3.63, 3.8) is 0 Å². The molecule has 2 rings (SSSR count). The second-order valence-corrected chi connectivity index (χ2v) is 4.82. The van der Waals surface area contributed by atoms with Crippen LogP contribution >= 0.6 is 0 Å². The zero-order valence-electron chi connectivity index (χ0n) is 12.1. The van der Waals surface area contributed by atoms with E-state index in [0.29, 0.717) is 6.54 Å². The van der Waals surface area contributed by atoms with Crippen LogP contribution in [0, 0.1) is 5.92 Å². The highest BCUT2D eigenvalue weighted by atomic mass is 16.5. The number of hydrogen-bond donors (Lipinski definition) is 1. The lowest BCUT2D eigenvalue weighted by atomic mass is 9.93. The van der Waals surface area contributed by atoms with Crippen LogP contribution in [0.2, 0.25) is 0 Å². The van der Waals surface area contributed by atoms with Crippen LogP contribution < -0.4 is 10.1 Å². The molecular formula is C15H20N2O3. The predicted molar refractivity (Wildman–Crippen MR) is 75.3 cm³/mol. The van der Waals surface area contributed by atoms with Gasteiger partial charge < -0.3 is 15.0 Å². The molecule has 0 bridgehead atoms. The summed E-state index contributed by atoms with van der Waals surface area (Å²) in [6.45, 7) is 2.53. The Morgan fingerprint density at radius 3 is 2.55 bits per heavy atom. The van der Waals surface area contributed by atoms with Gasteiger partial charge >= 0.3 is 0 Å². The second-order valence-electron chi connectivity index (χ2n) is 4.82. The zero-order chi connectivity index (χ0) is 14.7. The molecule has 0 unspecified atom stereocenters. The molecule has 0 aliphatic carbocycles. The number of likely N-dealkylation sites (tertiary alicyclic amines) is 1. The summed E-state index contributed by atoms with van der Waals surface area (Å²) in [5, 5.41) is 2.65. The van der Waals surface area contributed by atoms with Gasteiger partial charge in [-0.05, 0) is 24.6 Å². The summed E-state index contributed by atoms with van der Waals surface area (Å²) in [7, 11) is 3.21. The van der Waals surface area contributed by atoms with E-state index >= 15 is 0 Å². The number of carbonyl (C=O) groups excluding carboxylic acids is 2. The number of carbonyl (C=O) groups is 2. The van der Waals surface area contributed by atoms with Crippen molar-refractivity contribution < 1.29 is 14.3 Å². The topological polar surface area (TPSA) is 58.6 Å². The fraction of sp³-hybridized carbons (Fsp3) is 0.467. The van der Waals surface area contributed by atoms with Crippen molar-refractivity contribution in [1.82, 2.24) is 10.2 Å². The van der Waals surface area contributed by atoms with E-state index in [1.54, 1.807) is 19.1 Å². The van der Waals surface area contributed by atoms with Crippen LogP contribution in [-0.4, -0.2) is 37.4 Å². The molecule has 1 aromatic rings. The molecule has 1 saturated heterocycles. The van der Waals surface area contributed by atoms with E-state index in [1.165, 1.54) is 0 Å². The highest BCUT2D eigenvalue weighted by molar-refractivity contribution is 5.90. The largest absolute Gasteiger partial charge is 0.497 e. The SMILES string of the molecule is CCN1C(=O)C[C@@H](C(=O)NC)[C@@H]1c1ccc(OC)cc1. The number of nitrogens with zero attached hydrogens (tertiary/aromatic N) is 1. The van der Waals surface area contributed by atoms with Gasteiger partial charge in [0.05, 0.1) is 19.1 Å². The molecule has 5 heteroatoms. The molecule has 2 amide bonds. The van der Waals surface area contributed by atoms with Crippen LogP contribution in [0.15, 0.2) is 24.3 Å². The smallest absolute Gasteiger partial charge is 0.225 e. The van der Waals surface area contributed by atoms with Crippen LogP contribution in [0.3, 0.4) is 0 Å². The maximum Gasteiger partial charge on any atom is 0.225 e. The first kappa shape index (κ1) is 14.4. The van der Waals surface area contributed by atoms with Crippen LogP contribution in [-0.2, 0) is 9.59 Å². The molecule has 20 heavy (non-hydrogen) atoms. The molecule has 1 heterocycles. The highest BCUT2D eigenvalue weighted by Crippen LogP contribution is 2.38. The Morgan fingerprint density at radius 2 is 2.05 bits per heavy atom. The van der Waals surface area contributed by atoms with Crippen molar-refractivity contribution in [2.24, 2.45) is 5.92 Å². The summed E-state index contributed by atoms with van der Waals surface area (Å²) in [5.41, 5.74) is 0.965. The number of nitrogens with one attached hydrogen (secondary N) is 1. The van der Waals surface area contributed by atoms with E-state index in [1.807, 2.05) is 31.2 Å². The maximum atomic E-state index is 12.1. The summed E-state index contributed by atoms with van der Waals surface area (Å²) >= 11 is 0. The number of methoxy groups -OCH3 is 1. The molecule has 1 N–H and O–H groups in total. The first-order valence-electron chi connectivity index (χ1n) is 6.77. The molecule has 2 atom stereocenters. The minimum Gasteiger partial charge on any atom is -0.497 e. The van der Waals surface area contributed by atoms with Gasteiger partial charge in [0.15, 0.2) is 0 Å². The maximum absolute atomic E-state index is 12.1. The Bertz CT molecular complexity index is 496. The molecule has 0 radical (unpaired) electrons. The van der Waals surface area contributed by atoms with Crippen LogP contribution in [0.4, 0.5) is 0 Å². The Balaban J connectivity index is 2.35. The summed E-state index contributed by atoms with van der Waals surface area (Å²) in [6.07, 6.45) is 0.268. The molecule has 108 valence electrons. The van der Waals surface area contributed by atoms with Gasteiger partial charge in [0.25, 0.3) is 0 Å². The van der Waals surface area contributed by atoms with Gasteiger partial charge in [0, 0.05) is 20.0 Å². The number of amides is 2. The molecule has 0 saturated carbocycles. The van der Waals surface area contributed by atoms with E-state index in [4.69, 9.17) is 4.74 Å². The normalized spacial score (nSPS) is 21.9. The molecule has 5 nitrogen and oxygen atoms in total. The van der Waals surface area contributed by atoms with E-state index in [9.17, 15) is 9.59 Å². The number of benzene rings is 1. The summed E-state index contributed by atoms with van der Waals surface area (Å²) in [4.78, 5) is 25.8. The average Bonchev–Trinajstić information content (AvgIpc) is 2.83. The third-order valence-electron chi connectivity index (χ3n) is 3.81. The van der Waals surface area contributed by atoms with Gasteiger partial charge in [0.2, 0.25) is 11.8 Å².